The molecule has 0 aliphatic carbocycles. The van der Waals surface area contributed by atoms with Gasteiger partial charge in [0.1, 0.15) is 18.3 Å². The lowest BCUT2D eigenvalue weighted by molar-refractivity contribution is -0.140. The molecule has 1 atom stereocenters. The summed E-state index contributed by atoms with van der Waals surface area (Å²) < 4.78 is 31.7. The Morgan fingerprint density at radius 3 is 2.22 bits per heavy atom. The molecule has 0 saturated heterocycles. The van der Waals surface area contributed by atoms with Crippen LogP contribution >= 0.6 is 34.8 Å². The number of anilines is 1. The van der Waals surface area contributed by atoms with Gasteiger partial charge in [-0.3, -0.25) is 13.9 Å². The lowest BCUT2D eigenvalue weighted by Crippen LogP contribution is -2.54. The molecule has 36 heavy (non-hydrogen) atoms. The van der Waals surface area contributed by atoms with Crippen molar-refractivity contribution in [2.45, 2.75) is 45.8 Å². The number of amides is 2. The van der Waals surface area contributed by atoms with Crippen molar-refractivity contribution >= 4 is 62.3 Å². The molecule has 8 nitrogen and oxygen atoms in total. The second kappa shape index (κ2) is 11.9. The van der Waals surface area contributed by atoms with Crippen LogP contribution in [0.2, 0.25) is 15.1 Å². The first-order chi connectivity index (χ1) is 16.5. The standard InChI is InChI=1S/C24H30Cl3N3O5S/c1-15(23(32)28-24(2,3)4)29(13-16-7-9-18(26)19(27)11-16)22(31)14-30(36(6,33)34)20-12-17(25)8-10-21(20)35-5/h7-12,15H,13-14H2,1-6H3,(H,28,32)/t15-/m1/s1. The highest BCUT2D eigenvalue weighted by Gasteiger charge is 2.32. The molecule has 0 unspecified atom stereocenters. The minimum absolute atomic E-state index is 0.0151. The molecule has 0 saturated carbocycles. The minimum Gasteiger partial charge on any atom is -0.495 e. The second-order valence-corrected chi connectivity index (χ2v) is 12.4. The van der Waals surface area contributed by atoms with E-state index >= 15 is 0 Å². The van der Waals surface area contributed by atoms with Crippen LogP contribution in [-0.4, -0.2) is 56.6 Å². The van der Waals surface area contributed by atoms with E-state index in [2.05, 4.69) is 5.32 Å². The molecule has 0 bridgehead atoms. The molecule has 0 aliphatic rings. The van der Waals surface area contributed by atoms with Gasteiger partial charge in [0.15, 0.2) is 0 Å². The van der Waals surface area contributed by atoms with Crippen molar-refractivity contribution in [2.24, 2.45) is 0 Å². The zero-order chi connectivity index (χ0) is 27.4. The smallest absolute Gasteiger partial charge is 0.244 e. The third-order valence-electron chi connectivity index (χ3n) is 5.09. The van der Waals surface area contributed by atoms with Gasteiger partial charge in [-0.25, -0.2) is 8.42 Å². The van der Waals surface area contributed by atoms with Gasteiger partial charge in [0.2, 0.25) is 21.8 Å². The number of carbonyl (C=O) groups excluding carboxylic acids is 2. The largest absolute Gasteiger partial charge is 0.495 e. The zero-order valence-electron chi connectivity index (χ0n) is 20.9. The number of hydrogen-bond acceptors (Lipinski definition) is 5. The van der Waals surface area contributed by atoms with Crippen LogP contribution in [0.5, 0.6) is 5.75 Å². The monoisotopic (exact) mass is 577 g/mol. The maximum atomic E-state index is 13.6. The fourth-order valence-corrected chi connectivity index (χ4v) is 4.68. The van der Waals surface area contributed by atoms with Crippen LogP contribution < -0.4 is 14.4 Å². The minimum atomic E-state index is -3.95. The molecule has 2 aromatic rings. The van der Waals surface area contributed by atoms with E-state index in [1.54, 1.807) is 31.2 Å². The third-order valence-corrected chi connectivity index (χ3v) is 7.19. The number of carbonyl (C=O) groups is 2. The van der Waals surface area contributed by atoms with Crippen LogP contribution in [0.15, 0.2) is 36.4 Å². The molecule has 2 rings (SSSR count). The van der Waals surface area contributed by atoms with Gasteiger partial charge >= 0.3 is 0 Å². The number of methoxy groups -OCH3 is 1. The molecular formula is C24H30Cl3N3O5S. The Bertz CT molecular complexity index is 1230. The molecule has 2 amide bonds. The molecule has 0 aliphatic heterocycles. The molecule has 0 aromatic heterocycles. The van der Waals surface area contributed by atoms with Gasteiger partial charge < -0.3 is 15.0 Å². The highest BCUT2D eigenvalue weighted by atomic mass is 35.5. The summed E-state index contributed by atoms with van der Waals surface area (Å²) in [6.45, 7) is 6.42. The number of nitrogens with one attached hydrogen (secondary N) is 1. The van der Waals surface area contributed by atoms with Crippen molar-refractivity contribution in [2.75, 3.05) is 24.2 Å². The van der Waals surface area contributed by atoms with Gasteiger partial charge in [0.25, 0.3) is 0 Å². The van der Waals surface area contributed by atoms with Crippen LogP contribution in [-0.2, 0) is 26.2 Å². The summed E-state index contributed by atoms with van der Waals surface area (Å²) in [6, 6.07) is 8.36. The summed E-state index contributed by atoms with van der Waals surface area (Å²) in [6.07, 6.45) is 0.972. The first kappa shape index (κ1) is 30.0. The first-order valence-electron chi connectivity index (χ1n) is 10.9. The quantitative estimate of drug-likeness (QED) is 0.463. The summed E-state index contributed by atoms with van der Waals surface area (Å²) >= 11 is 18.3. The van der Waals surface area contributed by atoms with Crippen LogP contribution in [0.25, 0.3) is 0 Å². The lowest BCUT2D eigenvalue weighted by Gasteiger charge is -2.33. The highest BCUT2D eigenvalue weighted by Crippen LogP contribution is 2.33. The molecule has 0 heterocycles. The summed E-state index contributed by atoms with van der Waals surface area (Å²) in [5.41, 5.74) is 0.165. The van der Waals surface area contributed by atoms with Gasteiger partial charge in [-0.05, 0) is 63.6 Å². The maximum Gasteiger partial charge on any atom is 0.244 e. The normalized spacial score (nSPS) is 12.6. The van der Waals surface area contributed by atoms with Crippen molar-refractivity contribution < 1.29 is 22.7 Å². The Labute approximate surface area is 227 Å². The molecule has 2 aromatic carbocycles. The topological polar surface area (TPSA) is 96.0 Å². The van der Waals surface area contributed by atoms with E-state index in [9.17, 15) is 18.0 Å². The van der Waals surface area contributed by atoms with Crippen molar-refractivity contribution in [3.63, 3.8) is 0 Å². The molecule has 1 N–H and O–H groups in total. The molecule has 12 heteroatoms. The van der Waals surface area contributed by atoms with E-state index in [1.807, 2.05) is 20.8 Å². The summed E-state index contributed by atoms with van der Waals surface area (Å²) in [5, 5.41) is 3.74. The Kier molecular flexibility index (Phi) is 9.92. The molecule has 0 spiro atoms. The predicted molar refractivity (Wildman–Crippen MR) is 145 cm³/mol. The Balaban J connectivity index is 2.50. The SMILES string of the molecule is COc1ccc(Cl)cc1N(CC(=O)N(Cc1ccc(Cl)c(Cl)c1)[C@H](C)C(=O)NC(C)(C)C)S(C)(=O)=O. The van der Waals surface area contributed by atoms with E-state index in [0.29, 0.717) is 10.6 Å². The van der Waals surface area contributed by atoms with E-state index < -0.39 is 40.0 Å². The Hall–Kier alpha value is -2.20. The van der Waals surface area contributed by atoms with Gasteiger partial charge in [-0.1, -0.05) is 40.9 Å². The Morgan fingerprint density at radius 2 is 1.69 bits per heavy atom. The number of nitrogens with zero attached hydrogens (tertiary/aromatic N) is 2. The van der Waals surface area contributed by atoms with Crippen molar-refractivity contribution in [1.29, 1.82) is 0 Å². The van der Waals surface area contributed by atoms with Gasteiger partial charge in [-0.2, -0.15) is 0 Å². The lowest BCUT2D eigenvalue weighted by atomic mass is 10.1. The van der Waals surface area contributed by atoms with Gasteiger partial charge in [0.05, 0.1) is 29.1 Å². The molecule has 0 radical (unpaired) electrons. The predicted octanol–water partition coefficient (Wildman–Crippen LogP) is 4.75. The fourth-order valence-electron chi connectivity index (χ4n) is 3.34. The van der Waals surface area contributed by atoms with E-state index in [4.69, 9.17) is 39.5 Å². The van der Waals surface area contributed by atoms with Gasteiger partial charge in [-0.15, -0.1) is 0 Å². The average molecular weight is 579 g/mol. The van der Waals surface area contributed by atoms with Crippen molar-refractivity contribution in [3.05, 3.63) is 57.0 Å². The summed E-state index contributed by atoms with van der Waals surface area (Å²) in [7, 11) is -2.57. The second-order valence-electron chi connectivity index (χ2n) is 9.27. The molecule has 198 valence electrons. The fraction of sp³-hybridized carbons (Fsp3) is 0.417. The van der Waals surface area contributed by atoms with Crippen molar-refractivity contribution in [3.8, 4) is 5.75 Å². The number of rotatable bonds is 9. The number of sulfonamides is 1. The number of ether oxygens (including phenoxy) is 1. The number of halogens is 3. The van der Waals surface area contributed by atoms with Crippen LogP contribution in [0.1, 0.15) is 33.3 Å². The molecular weight excluding hydrogens is 549 g/mol. The van der Waals surface area contributed by atoms with E-state index in [1.165, 1.54) is 24.1 Å². The third kappa shape index (κ3) is 8.16. The van der Waals surface area contributed by atoms with Crippen LogP contribution in [0, 0.1) is 0 Å². The number of benzene rings is 2. The van der Waals surface area contributed by atoms with Crippen molar-refractivity contribution in [1.82, 2.24) is 10.2 Å². The zero-order valence-corrected chi connectivity index (χ0v) is 24.0. The maximum absolute atomic E-state index is 13.6. The number of hydrogen-bond donors (Lipinski definition) is 1. The highest BCUT2D eigenvalue weighted by molar-refractivity contribution is 7.92. The molecule has 0 fully saturated rings. The summed E-state index contributed by atoms with van der Waals surface area (Å²) in [5.74, 6) is -0.806. The van der Waals surface area contributed by atoms with E-state index in [0.717, 1.165) is 10.6 Å². The van der Waals surface area contributed by atoms with Crippen LogP contribution in [0.4, 0.5) is 5.69 Å². The Morgan fingerprint density at radius 1 is 1.06 bits per heavy atom. The summed E-state index contributed by atoms with van der Waals surface area (Å²) in [4.78, 5) is 27.9. The van der Waals surface area contributed by atoms with Gasteiger partial charge in [0, 0.05) is 17.1 Å². The van der Waals surface area contributed by atoms with E-state index in [-0.39, 0.29) is 28.0 Å². The first-order valence-corrected chi connectivity index (χ1v) is 13.9. The van der Waals surface area contributed by atoms with Crippen LogP contribution in [0.3, 0.4) is 0 Å². The average Bonchev–Trinajstić information content (AvgIpc) is 2.75.